The Morgan fingerprint density at radius 1 is 1.21 bits per heavy atom. The Balaban J connectivity index is 1.93. The topological polar surface area (TPSA) is 55.1 Å². The number of thioether (sulfide) groups is 1. The van der Waals surface area contributed by atoms with E-state index in [2.05, 4.69) is 5.32 Å². The number of hydrogen-bond acceptors (Lipinski definition) is 3. The number of carbonyl (C=O) groups is 1. The van der Waals surface area contributed by atoms with E-state index < -0.39 is 5.82 Å². The summed E-state index contributed by atoms with van der Waals surface area (Å²) in [7, 11) is 0. The van der Waals surface area contributed by atoms with Gasteiger partial charge in [-0.05, 0) is 30.3 Å². The summed E-state index contributed by atoms with van der Waals surface area (Å²) in [5.41, 5.74) is 6.06. The quantitative estimate of drug-likeness (QED) is 0.666. The van der Waals surface area contributed by atoms with Crippen LogP contribution in [0.4, 0.5) is 15.8 Å². The number of nitrogens with one attached hydrogen (secondary N) is 1. The summed E-state index contributed by atoms with van der Waals surface area (Å²) in [5, 5.41) is 2.51. The highest BCUT2D eigenvalue weighted by molar-refractivity contribution is 8.00. The number of hydrogen-bond donors (Lipinski definition) is 2. The molecule has 3 nitrogen and oxygen atoms in total. The minimum absolute atomic E-state index is 0.110. The largest absolute Gasteiger partial charge is 0.399 e. The molecule has 0 aromatic heterocycles. The van der Waals surface area contributed by atoms with E-state index in [0.29, 0.717) is 5.69 Å². The van der Waals surface area contributed by atoms with E-state index >= 15 is 0 Å². The van der Waals surface area contributed by atoms with Crippen LogP contribution in [0.2, 0.25) is 0 Å². The maximum Gasteiger partial charge on any atom is 0.234 e. The number of anilines is 2. The highest BCUT2D eigenvalue weighted by Gasteiger charge is 2.07. The number of amides is 1. The van der Waals surface area contributed by atoms with E-state index in [9.17, 15) is 9.18 Å². The molecule has 0 atom stereocenters. The maximum atomic E-state index is 13.4. The minimum atomic E-state index is -0.493. The Morgan fingerprint density at radius 3 is 2.68 bits per heavy atom. The molecule has 0 aliphatic carbocycles. The molecule has 0 saturated carbocycles. The Labute approximate surface area is 115 Å². The first-order valence-electron chi connectivity index (χ1n) is 5.68. The SMILES string of the molecule is Nc1ccc(F)c(NC(=O)CSc2ccccc2)c1. The summed E-state index contributed by atoms with van der Waals surface area (Å²) in [6.45, 7) is 0. The van der Waals surface area contributed by atoms with Crippen molar-refractivity contribution in [3.05, 3.63) is 54.3 Å². The number of halogens is 1. The van der Waals surface area contributed by atoms with Gasteiger partial charge in [0.1, 0.15) is 5.82 Å². The van der Waals surface area contributed by atoms with Gasteiger partial charge in [-0.15, -0.1) is 11.8 Å². The summed E-state index contributed by atoms with van der Waals surface area (Å²) in [6, 6.07) is 13.6. The van der Waals surface area contributed by atoms with Gasteiger partial charge >= 0.3 is 0 Å². The Morgan fingerprint density at radius 2 is 1.95 bits per heavy atom. The van der Waals surface area contributed by atoms with Crippen LogP contribution in [0.15, 0.2) is 53.4 Å². The molecule has 98 valence electrons. The molecule has 19 heavy (non-hydrogen) atoms. The molecular formula is C14H13FN2OS. The lowest BCUT2D eigenvalue weighted by molar-refractivity contribution is -0.113. The highest BCUT2D eigenvalue weighted by atomic mass is 32.2. The zero-order valence-electron chi connectivity index (χ0n) is 10.1. The zero-order valence-corrected chi connectivity index (χ0v) is 10.9. The fraction of sp³-hybridized carbons (Fsp3) is 0.0714. The molecule has 0 unspecified atom stereocenters. The molecule has 0 spiro atoms. The smallest absolute Gasteiger partial charge is 0.234 e. The van der Waals surface area contributed by atoms with Crippen LogP contribution in [0.1, 0.15) is 0 Å². The lowest BCUT2D eigenvalue weighted by Gasteiger charge is -2.07. The second-order valence-electron chi connectivity index (χ2n) is 3.89. The monoisotopic (exact) mass is 276 g/mol. The van der Waals surface area contributed by atoms with E-state index in [1.807, 2.05) is 30.3 Å². The van der Waals surface area contributed by atoms with Crippen molar-refractivity contribution < 1.29 is 9.18 Å². The third-order valence-electron chi connectivity index (χ3n) is 2.38. The predicted molar refractivity (Wildman–Crippen MR) is 76.6 cm³/mol. The molecule has 0 heterocycles. The van der Waals surface area contributed by atoms with Crippen molar-refractivity contribution in [1.29, 1.82) is 0 Å². The third kappa shape index (κ3) is 3.99. The molecule has 2 aromatic rings. The van der Waals surface area contributed by atoms with Crippen LogP contribution in [0.25, 0.3) is 0 Å². The van der Waals surface area contributed by atoms with Crippen LogP contribution in [0.3, 0.4) is 0 Å². The van der Waals surface area contributed by atoms with Crippen LogP contribution in [-0.4, -0.2) is 11.7 Å². The first-order chi connectivity index (χ1) is 9.15. The molecule has 5 heteroatoms. The lowest BCUT2D eigenvalue weighted by Crippen LogP contribution is -2.15. The van der Waals surface area contributed by atoms with Crippen LogP contribution >= 0.6 is 11.8 Å². The number of rotatable bonds is 4. The zero-order chi connectivity index (χ0) is 13.7. The summed E-state index contributed by atoms with van der Waals surface area (Å²) in [4.78, 5) is 12.7. The maximum absolute atomic E-state index is 13.4. The van der Waals surface area contributed by atoms with Crippen molar-refractivity contribution in [3.8, 4) is 0 Å². The highest BCUT2D eigenvalue weighted by Crippen LogP contribution is 2.20. The third-order valence-corrected chi connectivity index (χ3v) is 3.39. The number of nitrogen functional groups attached to an aromatic ring is 1. The number of carbonyl (C=O) groups excluding carboxylic acids is 1. The minimum Gasteiger partial charge on any atom is -0.399 e. The van der Waals surface area contributed by atoms with Gasteiger partial charge < -0.3 is 11.1 Å². The lowest BCUT2D eigenvalue weighted by atomic mass is 10.2. The molecule has 2 aromatic carbocycles. The summed E-state index contributed by atoms with van der Waals surface area (Å²) in [5.74, 6) is -0.538. The summed E-state index contributed by atoms with van der Waals surface area (Å²) in [6.07, 6.45) is 0. The van der Waals surface area contributed by atoms with E-state index in [4.69, 9.17) is 5.73 Å². The molecule has 0 bridgehead atoms. The van der Waals surface area contributed by atoms with Crippen LogP contribution in [0, 0.1) is 5.82 Å². The van der Waals surface area contributed by atoms with Crippen molar-refractivity contribution >= 4 is 29.0 Å². The van der Waals surface area contributed by atoms with E-state index in [1.54, 1.807) is 0 Å². The van der Waals surface area contributed by atoms with Crippen LogP contribution in [-0.2, 0) is 4.79 Å². The Hall–Kier alpha value is -2.01. The second-order valence-corrected chi connectivity index (χ2v) is 4.94. The van der Waals surface area contributed by atoms with Crippen molar-refractivity contribution in [1.82, 2.24) is 0 Å². The molecule has 1 amide bonds. The van der Waals surface area contributed by atoms with Crippen molar-refractivity contribution in [2.24, 2.45) is 0 Å². The summed E-state index contributed by atoms with van der Waals surface area (Å²) < 4.78 is 13.4. The average Bonchev–Trinajstić information content (AvgIpc) is 2.42. The fourth-order valence-corrected chi connectivity index (χ4v) is 2.21. The van der Waals surface area contributed by atoms with Gasteiger partial charge in [0.2, 0.25) is 5.91 Å². The van der Waals surface area contributed by atoms with Gasteiger partial charge in [-0.3, -0.25) is 4.79 Å². The average molecular weight is 276 g/mol. The summed E-state index contributed by atoms with van der Waals surface area (Å²) >= 11 is 1.39. The molecule has 2 rings (SSSR count). The van der Waals surface area contributed by atoms with Gasteiger partial charge in [0.05, 0.1) is 11.4 Å². The number of nitrogens with two attached hydrogens (primary N) is 1. The van der Waals surface area contributed by atoms with E-state index in [-0.39, 0.29) is 17.3 Å². The van der Waals surface area contributed by atoms with Gasteiger partial charge in [0.15, 0.2) is 0 Å². The van der Waals surface area contributed by atoms with Gasteiger partial charge in [-0.1, -0.05) is 18.2 Å². The molecule has 0 fully saturated rings. The van der Waals surface area contributed by atoms with Gasteiger partial charge in [0.25, 0.3) is 0 Å². The van der Waals surface area contributed by atoms with Crippen molar-refractivity contribution in [2.75, 3.05) is 16.8 Å². The normalized spacial score (nSPS) is 10.2. The standard InChI is InChI=1S/C14H13FN2OS/c15-12-7-6-10(16)8-13(12)17-14(18)9-19-11-4-2-1-3-5-11/h1-8H,9,16H2,(H,17,18). The molecule has 0 saturated heterocycles. The van der Waals surface area contributed by atoms with E-state index in [0.717, 1.165) is 4.90 Å². The van der Waals surface area contributed by atoms with Gasteiger partial charge in [0, 0.05) is 10.6 Å². The first kappa shape index (κ1) is 13.4. The van der Waals surface area contributed by atoms with Crippen LogP contribution < -0.4 is 11.1 Å². The number of benzene rings is 2. The molecule has 0 radical (unpaired) electrons. The van der Waals surface area contributed by atoms with Gasteiger partial charge in [-0.25, -0.2) is 4.39 Å². The predicted octanol–water partition coefficient (Wildman–Crippen LogP) is 3.14. The van der Waals surface area contributed by atoms with Gasteiger partial charge in [-0.2, -0.15) is 0 Å². The Kier molecular flexibility index (Phi) is 4.41. The van der Waals surface area contributed by atoms with Crippen molar-refractivity contribution in [2.45, 2.75) is 4.90 Å². The fourth-order valence-electron chi connectivity index (χ4n) is 1.49. The molecule has 3 N–H and O–H groups in total. The van der Waals surface area contributed by atoms with Crippen molar-refractivity contribution in [3.63, 3.8) is 0 Å². The molecular weight excluding hydrogens is 263 g/mol. The molecule has 0 aliphatic heterocycles. The van der Waals surface area contributed by atoms with Crippen LogP contribution in [0.5, 0.6) is 0 Å². The molecule has 0 aliphatic rings. The van der Waals surface area contributed by atoms with E-state index in [1.165, 1.54) is 30.0 Å². The second kappa shape index (κ2) is 6.24. The first-order valence-corrected chi connectivity index (χ1v) is 6.66. The Bertz CT molecular complexity index is 575.